The summed E-state index contributed by atoms with van der Waals surface area (Å²) in [6, 6.07) is 13.6. The largest absolute Gasteiger partial charge is 0.369 e. The minimum atomic E-state index is 0.501. The van der Waals surface area contributed by atoms with Crippen molar-refractivity contribution in [1.82, 2.24) is 19.8 Å². The number of aryl methyl sites for hydroxylation is 1. The van der Waals surface area contributed by atoms with Gasteiger partial charge < -0.3 is 14.8 Å². The molecule has 1 aromatic carbocycles. The zero-order valence-corrected chi connectivity index (χ0v) is 19.7. The summed E-state index contributed by atoms with van der Waals surface area (Å²) in [5, 5.41) is 1.25. The van der Waals surface area contributed by atoms with E-state index in [1.54, 1.807) is 0 Å². The number of nitrogens with one attached hydrogen (secondary N) is 1. The molecule has 2 atom stereocenters. The molecule has 1 N–H and O–H groups in total. The lowest BCUT2D eigenvalue weighted by atomic mass is 10.1. The average Bonchev–Trinajstić information content (AvgIpc) is 3.12. The first-order valence-corrected chi connectivity index (χ1v) is 12.3. The quantitative estimate of drug-likeness (QED) is 0.656. The van der Waals surface area contributed by atoms with Crippen molar-refractivity contribution in [1.29, 1.82) is 0 Å². The first-order valence-electron chi connectivity index (χ1n) is 12.3. The summed E-state index contributed by atoms with van der Waals surface area (Å²) in [5.74, 6) is 0.956. The van der Waals surface area contributed by atoms with Gasteiger partial charge in [-0.3, -0.25) is 9.88 Å². The van der Waals surface area contributed by atoms with E-state index in [0.29, 0.717) is 5.54 Å². The Hall–Kier alpha value is -2.37. The molecule has 5 nitrogen and oxygen atoms in total. The predicted octanol–water partition coefficient (Wildman–Crippen LogP) is 4.32. The molecule has 4 heterocycles. The number of H-pyrrole nitrogens is 1. The molecule has 2 aliphatic heterocycles. The number of likely N-dealkylation sites (tertiary alicyclic amines) is 1. The fourth-order valence-corrected chi connectivity index (χ4v) is 6.00. The van der Waals surface area contributed by atoms with Gasteiger partial charge in [-0.15, -0.1) is 0 Å². The summed E-state index contributed by atoms with van der Waals surface area (Å²) in [7, 11) is 2.20. The maximum absolute atomic E-state index is 4.95. The van der Waals surface area contributed by atoms with Gasteiger partial charge in [-0.2, -0.15) is 0 Å². The third kappa shape index (κ3) is 3.52. The van der Waals surface area contributed by atoms with Gasteiger partial charge in [-0.05, 0) is 70.5 Å². The van der Waals surface area contributed by atoms with Crippen molar-refractivity contribution in [3.05, 3.63) is 47.8 Å². The number of rotatable bonds is 5. The molecule has 32 heavy (non-hydrogen) atoms. The second-order valence-electron chi connectivity index (χ2n) is 10.5. The van der Waals surface area contributed by atoms with Crippen LogP contribution in [0.1, 0.15) is 31.2 Å². The topological polar surface area (TPSA) is 38.4 Å². The Bertz CT molecular complexity index is 1120. The molecule has 2 saturated heterocycles. The van der Waals surface area contributed by atoms with Gasteiger partial charge in [-0.1, -0.05) is 12.1 Å². The Kier molecular flexibility index (Phi) is 4.81. The normalized spacial score (nSPS) is 26.1. The third-order valence-electron chi connectivity index (χ3n) is 8.31. The Morgan fingerprint density at radius 2 is 1.84 bits per heavy atom. The average molecular weight is 430 g/mol. The fourth-order valence-electron chi connectivity index (χ4n) is 6.00. The zero-order valence-electron chi connectivity index (χ0n) is 19.7. The highest BCUT2D eigenvalue weighted by molar-refractivity contribution is 5.94. The Balaban J connectivity index is 1.23. The van der Waals surface area contributed by atoms with E-state index in [0.717, 1.165) is 56.5 Å². The van der Waals surface area contributed by atoms with Crippen molar-refractivity contribution < 1.29 is 0 Å². The lowest BCUT2D eigenvalue weighted by Gasteiger charge is -2.34. The zero-order chi connectivity index (χ0) is 21.9. The number of pyridine rings is 1. The lowest BCUT2D eigenvalue weighted by Crippen LogP contribution is -2.44. The van der Waals surface area contributed by atoms with E-state index in [2.05, 4.69) is 77.0 Å². The number of aromatic nitrogens is 2. The number of benzene rings is 1. The summed E-state index contributed by atoms with van der Waals surface area (Å²) in [5.41, 5.74) is 7.73. The predicted molar refractivity (Wildman–Crippen MR) is 132 cm³/mol. The van der Waals surface area contributed by atoms with Crippen molar-refractivity contribution in [2.24, 2.45) is 5.92 Å². The third-order valence-corrected chi connectivity index (χ3v) is 8.31. The van der Waals surface area contributed by atoms with Gasteiger partial charge in [-0.25, -0.2) is 0 Å². The van der Waals surface area contributed by atoms with E-state index in [1.165, 1.54) is 47.2 Å². The first kappa shape index (κ1) is 20.3. The molecule has 1 aliphatic carbocycles. The van der Waals surface area contributed by atoms with Crippen LogP contribution in [0.3, 0.4) is 0 Å². The highest BCUT2D eigenvalue weighted by atomic mass is 15.3. The van der Waals surface area contributed by atoms with E-state index < -0.39 is 0 Å². The Morgan fingerprint density at radius 3 is 2.53 bits per heavy atom. The number of nitrogens with zero attached hydrogens (tertiary/aromatic N) is 4. The lowest BCUT2D eigenvalue weighted by molar-refractivity contribution is 0.228. The molecular formula is C27H35N5. The van der Waals surface area contributed by atoms with Crippen molar-refractivity contribution in [2.45, 2.75) is 38.6 Å². The van der Waals surface area contributed by atoms with Crippen molar-refractivity contribution in [3.63, 3.8) is 0 Å². The number of fused-ring (bicyclic) bond motifs is 2. The highest BCUT2D eigenvalue weighted by Gasteiger charge is 2.57. The van der Waals surface area contributed by atoms with Crippen LogP contribution in [-0.2, 0) is 6.42 Å². The van der Waals surface area contributed by atoms with Crippen LogP contribution in [0.5, 0.6) is 0 Å². The maximum Gasteiger partial charge on any atom is 0.0799 e. The van der Waals surface area contributed by atoms with Crippen molar-refractivity contribution in [2.75, 3.05) is 51.2 Å². The standard InChI is InChI=1S/C27H35N5/c1-19-16-25-24(17-22(29-25)9-11-32-10-8-21-18-27(21,32)2)26(28-19)20-4-6-23(7-5-20)31-14-12-30(3)13-15-31/h4-7,16-17,21,29H,8-15,18H2,1-3H3. The molecule has 3 aliphatic rings. The van der Waals surface area contributed by atoms with E-state index in [9.17, 15) is 0 Å². The number of hydrogen-bond acceptors (Lipinski definition) is 4. The van der Waals surface area contributed by atoms with Gasteiger partial charge in [0, 0.05) is 78.2 Å². The molecule has 0 radical (unpaired) electrons. The SMILES string of the molecule is Cc1cc2[nH]c(CCN3CCC4CC43C)cc2c(-c2ccc(N3CCN(C)CC3)cc2)n1. The molecule has 168 valence electrons. The van der Waals surface area contributed by atoms with E-state index in [1.807, 2.05) is 0 Å². The molecule has 2 aromatic heterocycles. The van der Waals surface area contributed by atoms with E-state index in [4.69, 9.17) is 4.98 Å². The summed E-state index contributed by atoms with van der Waals surface area (Å²) in [4.78, 5) is 16.3. The van der Waals surface area contributed by atoms with Gasteiger partial charge in [0.1, 0.15) is 0 Å². The monoisotopic (exact) mass is 429 g/mol. The van der Waals surface area contributed by atoms with Crippen LogP contribution in [0.2, 0.25) is 0 Å². The van der Waals surface area contributed by atoms with Crippen LogP contribution in [0, 0.1) is 12.8 Å². The molecule has 0 bridgehead atoms. The maximum atomic E-state index is 4.95. The van der Waals surface area contributed by atoms with Crippen LogP contribution in [0.15, 0.2) is 36.4 Å². The minimum Gasteiger partial charge on any atom is -0.369 e. The second-order valence-corrected chi connectivity index (χ2v) is 10.5. The molecule has 2 unspecified atom stereocenters. The van der Waals surface area contributed by atoms with Crippen LogP contribution in [0.4, 0.5) is 5.69 Å². The minimum absolute atomic E-state index is 0.501. The molecular weight excluding hydrogens is 394 g/mol. The van der Waals surface area contributed by atoms with Crippen LogP contribution >= 0.6 is 0 Å². The highest BCUT2D eigenvalue weighted by Crippen LogP contribution is 2.55. The smallest absolute Gasteiger partial charge is 0.0799 e. The van der Waals surface area contributed by atoms with Gasteiger partial charge in [0.25, 0.3) is 0 Å². The summed E-state index contributed by atoms with van der Waals surface area (Å²) in [6.07, 6.45) is 3.87. The number of piperidine rings is 1. The molecule has 0 amide bonds. The number of likely N-dealkylation sites (N-methyl/N-ethyl adjacent to an activating group) is 1. The fraction of sp³-hybridized carbons (Fsp3) is 0.519. The van der Waals surface area contributed by atoms with Crippen LogP contribution < -0.4 is 4.90 Å². The molecule has 0 spiro atoms. The van der Waals surface area contributed by atoms with Crippen molar-refractivity contribution in [3.8, 4) is 11.3 Å². The van der Waals surface area contributed by atoms with Crippen LogP contribution in [-0.4, -0.2) is 71.6 Å². The molecule has 5 heteroatoms. The van der Waals surface area contributed by atoms with Gasteiger partial charge in [0.05, 0.1) is 5.69 Å². The molecule has 3 fully saturated rings. The number of hydrogen-bond donors (Lipinski definition) is 1. The number of piperazine rings is 1. The summed E-state index contributed by atoms with van der Waals surface area (Å²) >= 11 is 0. The van der Waals surface area contributed by atoms with Gasteiger partial charge >= 0.3 is 0 Å². The molecule has 6 rings (SSSR count). The van der Waals surface area contributed by atoms with Crippen molar-refractivity contribution >= 4 is 16.6 Å². The second kappa shape index (κ2) is 7.60. The number of anilines is 1. The van der Waals surface area contributed by atoms with Gasteiger partial charge in [0.15, 0.2) is 0 Å². The Labute approximate surface area is 191 Å². The van der Waals surface area contributed by atoms with E-state index >= 15 is 0 Å². The first-order chi connectivity index (χ1) is 15.5. The van der Waals surface area contributed by atoms with Crippen LogP contribution in [0.25, 0.3) is 22.2 Å². The summed E-state index contributed by atoms with van der Waals surface area (Å²) in [6.45, 7) is 11.4. The molecule has 3 aromatic rings. The summed E-state index contributed by atoms with van der Waals surface area (Å²) < 4.78 is 0. The molecule has 1 saturated carbocycles. The van der Waals surface area contributed by atoms with E-state index in [-0.39, 0.29) is 0 Å². The Morgan fingerprint density at radius 1 is 1.06 bits per heavy atom. The number of aromatic amines is 1. The van der Waals surface area contributed by atoms with Gasteiger partial charge in [0.2, 0.25) is 0 Å².